The van der Waals surface area contributed by atoms with E-state index in [1.165, 1.54) is 17.4 Å². The summed E-state index contributed by atoms with van der Waals surface area (Å²) in [7, 11) is 0. The second-order valence-electron chi connectivity index (χ2n) is 4.23. The Labute approximate surface area is 120 Å². The summed E-state index contributed by atoms with van der Waals surface area (Å²) in [5, 5.41) is 7.45. The van der Waals surface area contributed by atoms with Gasteiger partial charge in [0, 0.05) is 17.7 Å². The van der Waals surface area contributed by atoms with E-state index in [-0.39, 0.29) is 5.91 Å². The molecule has 2 aromatic carbocycles. The molecule has 1 heterocycles. The lowest BCUT2D eigenvalue weighted by Gasteiger charge is -2.01. The summed E-state index contributed by atoms with van der Waals surface area (Å²) >= 11 is 1.40. The Morgan fingerprint density at radius 3 is 2.85 bits per heavy atom. The van der Waals surface area contributed by atoms with Crippen molar-refractivity contribution in [3.05, 3.63) is 65.7 Å². The SMILES string of the molecule is O=C(/C=C/c1cccc2ccccc12)Nc1nccs1. The van der Waals surface area contributed by atoms with Crippen molar-refractivity contribution in [2.75, 3.05) is 5.32 Å². The zero-order chi connectivity index (χ0) is 13.8. The molecule has 0 aliphatic heterocycles. The van der Waals surface area contributed by atoms with Gasteiger partial charge < -0.3 is 0 Å². The number of hydrogen-bond donors (Lipinski definition) is 1. The Hall–Kier alpha value is -2.46. The van der Waals surface area contributed by atoms with Gasteiger partial charge in [-0.2, -0.15) is 0 Å². The van der Waals surface area contributed by atoms with E-state index in [0.29, 0.717) is 5.13 Å². The van der Waals surface area contributed by atoms with Gasteiger partial charge in [0.1, 0.15) is 0 Å². The van der Waals surface area contributed by atoms with E-state index in [2.05, 4.69) is 22.4 Å². The lowest BCUT2D eigenvalue weighted by atomic mass is 10.0. The maximum atomic E-state index is 11.8. The molecule has 3 aromatic rings. The van der Waals surface area contributed by atoms with Gasteiger partial charge in [0.05, 0.1) is 0 Å². The molecule has 0 aliphatic carbocycles. The van der Waals surface area contributed by atoms with Gasteiger partial charge in [-0.15, -0.1) is 11.3 Å². The highest BCUT2D eigenvalue weighted by molar-refractivity contribution is 7.13. The quantitative estimate of drug-likeness (QED) is 0.738. The van der Waals surface area contributed by atoms with Crippen LogP contribution < -0.4 is 5.32 Å². The van der Waals surface area contributed by atoms with Gasteiger partial charge in [0.15, 0.2) is 5.13 Å². The number of nitrogens with zero attached hydrogens (tertiary/aromatic N) is 1. The summed E-state index contributed by atoms with van der Waals surface area (Å²) in [5.41, 5.74) is 1.03. The molecule has 0 aliphatic rings. The second-order valence-corrected chi connectivity index (χ2v) is 5.12. The minimum absolute atomic E-state index is 0.173. The number of carbonyl (C=O) groups is 1. The summed E-state index contributed by atoms with van der Waals surface area (Å²) < 4.78 is 0. The molecule has 0 atom stereocenters. The fourth-order valence-corrected chi connectivity index (χ4v) is 2.53. The van der Waals surface area contributed by atoms with Crippen molar-refractivity contribution in [2.24, 2.45) is 0 Å². The third kappa shape index (κ3) is 2.75. The Morgan fingerprint density at radius 2 is 2.00 bits per heavy atom. The molecule has 0 saturated heterocycles. The Bertz CT molecular complexity index is 758. The van der Waals surface area contributed by atoms with Crippen LogP contribution in [0.4, 0.5) is 5.13 Å². The van der Waals surface area contributed by atoms with Crippen LogP contribution in [-0.4, -0.2) is 10.9 Å². The van der Waals surface area contributed by atoms with E-state index in [1.807, 2.05) is 41.8 Å². The average Bonchev–Trinajstić information content (AvgIpc) is 2.98. The van der Waals surface area contributed by atoms with Crippen molar-refractivity contribution in [2.45, 2.75) is 0 Å². The highest BCUT2D eigenvalue weighted by Crippen LogP contribution is 2.19. The smallest absolute Gasteiger partial charge is 0.250 e. The zero-order valence-electron chi connectivity index (χ0n) is 10.6. The summed E-state index contributed by atoms with van der Waals surface area (Å²) in [4.78, 5) is 15.8. The summed E-state index contributed by atoms with van der Waals surface area (Å²) in [6.45, 7) is 0. The van der Waals surface area contributed by atoms with Crippen LogP contribution in [0, 0.1) is 0 Å². The lowest BCUT2D eigenvalue weighted by molar-refractivity contribution is -0.111. The number of fused-ring (bicyclic) bond motifs is 1. The van der Waals surface area contributed by atoms with Gasteiger partial charge in [-0.1, -0.05) is 42.5 Å². The molecule has 0 fully saturated rings. The molecule has 1 amide bonds. The highest BCUT2D eigenvalue weighted by Gasteiger charge is 2.00. The van der Waals surface area contributed by atoms with E-state index >= 15 is 0 Å². The first-order valence-corrected chi connectivity index (χ1v) is 7.07. The topological polar surface area (TPSA) is 42.0 Å². The van der Waals surface area contributed by atoms with Gasteiger partial charge in [-0.3, -0.25) is 10.1 Å². The molecule has 0 bridgehead atoms. The van der Waals surface area contributed by atoms with Crippen molar-refractivity contribution in [1.29, 1.82) is 0 Å². The Kier molecular flexibility index (Phi) is 3.56. The summed E-state index contributed by atoms with van der Waals surface area (Å²) in [5.74, 6) is -0.173. The van der Waals surface area contributed by atoms with E-state index in [9.17, 15) is 4.79 Å². The van der Waals surface area contributed by atoms with Crippen LogP contribution in [0.15, 0.2) is 60.1 Å². The lowest BCUT2D eigenvalue weighted by Crippen LogP contribution is -2.07. The number of rotatable bonds is 3. The van der Waals surface area contributed by atoms with Crippen molar-refractivity contribution < 1.29 is 4.79 Å². The van der Waals surface area contributed by atoms with E-state index in [0.717, 1.165) is 16.3 Å². The predicted molar refractivity (Wildman–Crippen MR) is 83.7 cm³/mol. The van der Waals surface area contributed by atoms with Gasteiger partial charge in [-0.25, -0.2) is 4.98 Å². The largest absolute Gasteiger partial charge is 0.298 e. The molecule has 4 heteroatoms. The monoisotopic (exact) mass is 280 g/mol. The standard InChI is InChI=1S/C16H12N2OS/c19-15(18-16-17-10-11-20-16)9-8-13-6-3-5-12-4-1-2-7-14(12)13/h1-11H,(H,17,18,19)/b9-8+. The normalized spacial score (nSPS) is 11.0. The number of carbonyl (C=O) groups excluding carboxylic acids is 1. The molecule has 3 nitrogen and oxygen atoms in total. The molecule has 20 heavy (non-hydrogen) atoms. The third-order valence-corrected chi connectivity index (χ3v) is 3.59. The molecule has 0 saturated carbocycles. The number of benzene rings is 2. The Morgan fingerprint density at radius 1 is 1.15 bits per heavy atom. The number of amides is 1. The Balaban J connectivity index is 1.82. The van der Waals surface area contributed by atoms with E-state index in [4.69, 9.17) is 0 Å². The first-order chi connectivity index (χ1) is 9.83. The molecule has 3 rings (SSSR count). The van der Waals surface area contributed by atoms with Crippen molar-refractivity contribution in [3.8, 4) is 0 Å². The van der Waals surface area contributed by atoms with Crippen LogP contribution in [0.5, 0.6) is 0 Å². The van der Waals surface area contributed by atoms with Crippen LogP contribution in [-0.2, 0) is 4.79 Å². The van der Waals surface area contributed by atoms with Crippen LogP contribution in [0.1, 0.15) is 5.56 Å². The summed E-state index contributed by atoms with van der Waals surface area (Å²) in [6.07, 6.45) is 5.02. The van der Waals surface area contributed by atoms with Crippen LogP contribution in [0.25, 0.3) is 16.8 Å². The molecule has 98 valence electrons. The third-order valence-electron chi connectivity index (χ3n) is 2.90. The fourth-order valence-electron chi connectivity index (χ4n) is 1.99. The number of anilines is 1. The molecule has 1 aromatic heterocycles. The maximum absolute atomic E-state index is 11.8. The highest BCUT2D eigenvalue weighted by atomic mass is 32.1. The van der Waals surface area contributed by atoms with Gasteiger partial charge in [0.2, 0.25) is 5.91 Å². The fraction of sp³-hybridized carbons (Fsp3) is 0. The van der Waals surface area contributed by atoms with E-state index < -0.39 is 0 Å². The number of nitrogens with one attached hydrogen (secondary N) is 1. The van der Waals surface area contributed by atoms with Crippen LogP contribution >= 0.6 is 11.3 Å². The molecule has 0 unspecified atom stereocenters. The number of aromatic nitrogens is 1. The summed E-state index contributed by atoms with van der Waals surface area (Å²) in [6, 6.07) is 14.1. The molecular formula is C16H12N2OS. The van der Waals surface area contributed by atoms with Gasteiger partial charge in [-0.05, 0) is 22.4 Å². The molecule has 1 N–H and O–H groups in total. The van der Waals surface area contributed by atoms with E-state index in [1.54, 1.807) is 6.20 Å². The molecule has 0 radical (unpaired) electrons. The molecular weight excluding hydrogens is 268 g/mol. The average molecular weight is 280 g/mol. The second kappa shape index (κ2) is 5.67. The first-order valence-electron chi connectivity index (χ1n) is 6.19. The van der Waals surface area contributed by atoms with Crippen LogP contribution in [0.2, 0.25) is 0 Å². The van der Waals surface area contributed by atoms with Crippen molar-refractivity contribution in [1.82, 2.24) is 4.98 Å². The molecule has 0 spiro atoms. The number of thiazole rings is 1. The van der Waals surface area contributed by atoms with Crippen LogP contribution in [0.3, 0.4) is 0 Å². The van der Waals surface area contributed by atoms with Crippen molar-refractivity contribution >= 4 is 39.2 Å². The maximum Gasteiger partial charge on any atom is 0.250 e. The van der Waals surface area contributed by atoms with Crippen molar-refractivity contribution in [3.63, 3.8) is 0 Å². The minimum Gasteiger partial charge on any atom is -0.298 e. The van der Waals surface area contributed by atoms with Gasteiger partial charge >= 0.3 is 0 Å². The minimum atomic E-state index is -0.173. The zero-order valence-corrected chi connectivity index (χ0v) is 11.4. The predicted octanol–water partition coefficient (Wildman–Crippen LogP) is 3.95. The number of hydrogen-bond acceptors (Lipinski definition) is 3. The first kappa shape index (κ1) is 12.6. The van der Waals surface area contributed by atoms with Gasteiger partial charge in [0.25, 0.3) is 0 Å².